The highest BCUT2D eigenvalue weighted by Crippen LogP contribution is 2.47. The number of hydrogen-bond acceptors (Lipinski definition) is 4. The molecule has 19 heavy (non-hydrogen) atoms. The molecule has 0 aliphatic heterocycles. The molecule has 1 aromatic carbocycles. The van der Waals surface area contributed by atoms with Gasteiger partial charge in [0.15, 0.2) is 5.76 Å². The minimum absolute atomic E-state index is 0.0357. The first-order chi connectivity index (χ1) is 9.04. The number of aliphatic hydroxyl groups is 1. The summed E-state index contributed by atoms with van der Waals surface area (Å²) in [4.78, 5) is 11.2. The van der Waals surface area contributed by atoms with Crippen molar-refractivity contribution < 1.29 is 19.4 Å². The molecule has 0 saturated heterocycles. The van der Waals surface area contributed by atoms with Crippen LogP contribution in [0, 0.1) is 0 Å². The number of carboxylic acids is 1. The molecule has 1 heterocycles. The van der Waals surface area contributed by atoms with Crippen molar-refractivity contribution in [2.75, 3.05) is 0 Å². The molecule has 1 aliphatic rings. The van der Waals surface area contributed by atoms with Crippen LogP contribution >= 0.6 is 0 Å². The lowest BCUT2D eigenvalue weighted by Gasteiger charge is -2.22. The van der Waals surface area contributed by atoms with Gasteiger partial charge in [-0.15, -0.1) is 0 Å². The number of rotatable bonds is 2. The number of furan rings is 1. The van der Waals surface area contributed by atoms with Gasteiger partial charge in [-0.1, -0.05) is 24.3 Å². The summed E-state index contributed by atoms with van der Waals surface area (Å²) in [6, 6.07) is 8.20. The number of carboxylic acid groups (broad SMARTS) is 1. The summed E-state index contributed by atoms with van der Waals surface area (Å²) in [5.74, 6) is -1.09. The molecule has 0 bridgehead atoms. The van der Waals surface area contributed by atoms with E-state index in [2.05, 4.69) is 0 Å². The van der Waals surface area contributed by atoms with E-state index in [1.165, 1.54) is 12.3 Å². The van der Waals surface area contributed by atoms with Crippen LogP contribution in [0.2, 0.25) is 0 Å². The van der Waals surface area contributed by atoms with E-state index in [-0.39, 0.29) is 23.8 Å². The van der Waals surface area contributed by atoms with Gasteiger partial charge in [0, 0.05) is 12.5 Å². The van der Waals surface area contributed by atoms with Gasteiger partial charge in [0.2, 0.25) is 0 Å². The highest BCUT2D eigenvalue weighted by molar-refractivity contribution is 5.89. The van der Waals surface area contributed by atoms with E-state index in [0.29, 0.717) is 5.56 Å². The van der Waals surface area contributed by atoms with Crippen molar-refractivity contribution in [2.45, 2.75) is 18.1 Å². The molecule has 3 rings (SSSR count). The van der Waals surface area contributed by atoms with Gasteiger partial charge in [0.1, 0.15) is 11.2 Å². The van der Waals surface area contributed by atoms with E-state index in [9.17, 15) is 9.90 Å². The van der Waals surface area contributed by atoms with Crippen LogP contribution in [0.15, 0.2) is 41.0 Å². The zero-order valence-electron chi connectivity index (χ0n) is 10.0. The zero-order chi connectivity index (χ0) is 13.6. The highest BCUT2D eigenvalue weighted by atomic mass is 16.4. The molecule has 0 spiro atoms. The molecule has 2 atom stereocenters. The molecule has 5 heteroatoms. The van der Waals surface area contributed by atoms with E-state index < -0.39 is 11.6 Å². The largest absolute Gasteiger partial charge is 0.478 e. The number of aromatic carboxylic acids is 1. The van der Waals surface area contributed by atoms with Gasteiger partial charge in [0.25, 0.3) is 0 Å². The minimum Gasteiger partial charge on any atom is -0.478 e. The summed E-state index contributed by atoms with van der Waals surface area (Å²) in [5.41, 5.74) is 5.92. The van der Waals surface area contributed by atoms with Crippen LogP contribution in [-0.2, 0) is 5.60 Å². The zero-order valence-corrected chi connectivity index (χ0v) is 10.0. The summed E-state index contributed by atoms with van der Waals surface area (Å²) in [6.45, 7) is 0. The van der Waals surface area contributed by atoms with Crippen LogP contribution in [0.5, 0.6) is 0 Å². The molecule has 1 aliphatic carbocycles. The van der Waals surface area contributed by atoms with Crippen molar-refractivity contribution in [3.8, 4) is 0 Å². The SMILES string of the molecule is NC1CC(O)(c2occc2C(=O)O)c2ccccc21. The maximum atomic E-state index is 11.2. The Morgan fingerprint density at radius 1 is 1.37 bits per heavy atom. The van der Waals surface area contributed by atoms with E-state index in [1.807, 2.05) is 12.1 Å². The van der Waals surface area contributed by atoms with Gasteiger partial charge in [-0.2, -0.15) is 0 Å². The van der Waals surface area contributed by atoms with E-state index in [1.54, 1.807) is 12.1 Å². The van der Waals surface area contributed by atoms with Crippen LogP contribution in [0.25, 0.3) is 0 Å². The molecule has 1 aromatic heterocycles. The van der Waals surface area contributed by atoms with Gasteiger partial charge >= 0.3 is 5.97 Å². The molecule has 0 fully saturated rings. The van der Waals surface area contributed by atoms with Crippen molar-refractivity contribution >= 4 is 5.97 Å². The maximum Gasteiger partial charge on any atom is 0.339 e. The summed E-state index contributed by atoms with van der Waals surface area (Å²) >= 11 is 0. The lowest BCUT2D eigenvalue weighted by atomic mass is 9.91. The first-order valence-corrected chi connectivity index (χ1v) is 5.92. The van der Waals surface area contributed by atoms with E-state index >= 15 is 0 Å². The quantitative estimate of drug-likeness (QED) is 0.761. The third-order valence-electron chi connectivity index (χ3n) is 3.59. The summed E-state index contributed by atoms with van der Waals surface area (Å²) < 4.78 is 5.23. The Labute approximate surface area is 109 Å². The average molecular weight is 259 g/mol. The first-order valence-electron chi connectivity index (χ1n) is 5.92. The van der Waals surface area contributed by atoms with Crippen molar-refractivity contribution in [3.63, 3.8) is 0 Å². The lowest BCUT2D eigenvalue weighted by molar-refractivity contribution is 0.0482. The number of benzene rings is 1. The predicted octanol–water partition coefficient (Wildman–Crippen LogP) is 1.62. The smallest absolute Gasteiger partial charge is 0.339 e. The Bertz CT molecular complexity index is 648. The summed E-state index contributed by atoms with van der Waals surface area (Å²) in [5, 5.41) is 20.0. The predicted molar refractivity (Wildman–Crippen MR) is 66.7 cm³/mol. The van der Waals surface area contributed by atoms with Crippen LogP contribution in [-0.4, -0.2) is 16.2 Å². The molecule has 0 radical (unpaired) electrons. The van der Waals surface area contributed by atoms with Crippen LogP contribution in [0.3, 0.4) is 0 Å². The first kappa shape index (κ1) is 12.0. The molecule has 5 nitrogen and oxygen atoms in total. The summed E-state index contributed by atoms with van der Waals surface area (Å²) in [6.07, 6.45) is 1.48. The van der Waals surface area contributed by atoms with Crippen LogP contribution in [0.1, 0.15) is 39.7 Å². The molecule has 0 saturated carbocycles. The molecule has 0 amide bonds. The van der Waals surface area contributed by atoms with Crippen molar-refractivity contribution in [1.29, 1.82) is 0 Å². The Kier molecular flexibility index (Phi) is 2.48. The van der Waals surface area contributed by atoms with Gasteiger partial charge < -0.3 is 20.4 Å². The molecule has 2 unspecified atom stereocenters. The molecular weight excluding hydrogens is 246 g/mol. The number of nitrogens with two attached hydrogens (primary N) is 1. The third-order valence-corrected chi connectivity index (χ3v) is 3.59. The van der Waals surface area contributed by atoms with Crippen molar-refractivity contribution in [1.82, 2.24) is 0 Å². The van der Waals surface area contributed by atoms with Crippen LogP contribution < -0.4 is 5.73 Å². The molecule has 2 aromatic rings. The second-order valence-corrected chi connectivity index (χ2v) is 4.73. The Hall–Kier alpha value is -2.11. The second-order valence-electron chi connectivity index (χ2n) is 4.73. The van der Waals surface area contributed by atoms with Crippen molar-refractivity contribution in [2.24, 2.45) is 5.73 Å². The average Bonchev–Trinajstić information content (AvgIpc) is 2.96. The highest BCUT2D eigenvalue weighted by Gasteiger charge is 2.46. The fourth-order valence-electron chi connectivity index (χ4n) is 2.75. The van der Waals surface area contributed by atoms with E-state index in [0.717, 1.165) is 5.56 Å². The van der Waals surface area contributed by atoms with Crippen LogP contribution in [0.4, 0.5) is 0 Å². The summed E-state index contributed by atoms with van der Waals surface area (Å²) in [7, 11) is 0. The lowest BCUT2D eigenvalue weighted by Crippen LogP contribution is -2.26. The van der Waals surface area contributed by atoms with Gasteiger partial charge in [0.05, 0.1) is 6.26 Å². The Morgan fingerprint density at radius 2 is 2.11 bits per heavy atom. The minimum atomic E-state index is -1.48. The fraction of sp³-hybridized carbons (Fsp3) is 0.214. The Morgan fingerprint density at radius 3 is 2.84 bits per heavy atom. The van der Waals surface area contributed by atoms with Gasteiger partial charge in [-0.3, -0.25) is 0 Å². The topological polar surface area (TPSA) is 96.7 Å². The third kappa shape index (κ3) is 1.59. The maximum absolute atomic E-state index is 11.2. The molecular formula is C14H13NO4. The second kappa shape index (κ2) is 3.94. The van der Waals surface area contributed by atoms with E-state index in [4.69, 9.17) is 15.3 Å². The van der Waals surface area contributed by atoms with Crippen molar-refractivity contribution in [3.05, 3.63) is 59.0 Å². The standard InChI is InChI=1S/C14H13NO4/c15-11-7-14(18,10-4-2-1-3-8(10)11)12-9(13(16)17)5-6-19-12/h1-6,11,18H,7,15H2,(H,16,17). The molecule has 98 valence electrons. The van der Waals surface area contributed by atoms with Gasteiger partial charge in [-0.05, 0) is 17.2 Å². The molecule has 4 N–H and O–H groups in total. The number of carbonyl (C=O) groups is 1. The Balaban J connectivity index is 2.20. The van der Waals surface area contributed by atoms with Gasteiger partial charge in [-0.25, -0.2) is 4.79 Å². The number of hydrogen-bond donors (Lipinski definition) is 3. The number of fused-ring (bicyclic) bond motifs is 1. The normalized spacial score (nSPS) is 25.3. The monoisotopic (exact) mass is 259 g/mol. The fourth-order valence-corrected chi connectivity index (χ4v) is 2.75.